The van der Waals surface area contributed by atoms with Gasteiger partial charge < -0.3 is 24.3 Å². The smallest absolute Gasteiger partial charge is 0.407 e. The molecule has 7 nitrogen and oxygen atoms in total. The number of benzene rings is 1. The van der Waals surface area contributed by atoms with Gasteiger partial charge in [0.05, 0.1) is 0 Å². The number of methoxy groups -OCH3 is 2. The van der Waals surface area contributed by atoms with Crippen LogP contribution in [0.5, 0.6) is 5.75 Å². The maximum Gasteiger partial charge on any atom is 0.407 e. The van der Waals surface area contributed by atoms with Gasteiger partial charge in [-0.25, -0.2) is 4.79 Å². The minimum Gasteiger partial charge on any atom is -0.467 e. The van der Waals surface area contributed by atoms with Crippen molar-refractivity contribution in [2.24, 2.45) is 0 Å². The van der Waals surface area contributed by atoms with Crippen LogP contribution < -0.4 is 10.1 Å². The molecule has 0 aliphatic carbocycles. The Morgan fingerprint density at radius 3 is 2.20 bits per heavy atom. The molecule has 0 aromatic heterocycles. The third-order valence-corrected chi connectivity index (χ3v) is 4.12. The second-order valence-electron chi connectivity index (χ2n) is 7.71. The lowest BCUT2D eigenvalue weighted by Crippen LogP contribution is -2.33. The summed E-state index contributed by atoms with van der Waals surface area (Å²) in [5.41, 5.74) is 1.79. The van der Waals surface area contributed by atoms with Crippen LogP contribution in [-0.4, -0.2) is 63.8 Å². The fraction of sp³-hybridized carbons (Fsp3) is 0.696. The van der Waals surface area contributed by atoms with Gasteiger partial charge in [-0.05, 0) is 58.8 Å². The highest BCUT2D eigenvalue weighted by molar-refractivity contribution is 5.67. The Hall–Kier alpha value is -1.83. The molecule has 0 heterocycles. The lowest BCUT2D eigenvalue weighted by molar-refractivity contribution is 0.0497. The normalized spacial score (nSPS) is 11.0. The molecule has 1 aromatic carbocycles. The third kappa shape index (κ3) is 13.4. The molecule has 0 aliphatic rings. The number of hydrogen-bond donors (Lipinski definition) is 1. The number of carbonyl (C=O) groups is 1. The Balaban J connectivity index is 0.00000192. The molecule has 0 aliphatic heterocycles. The van der Waals surface area contributed by atoms with Gasteiger partial charge >= 0.3 is 6.09 Å². The van der Waals surface area contributed by atoms with Crippen LogP contribution in [-0.2, 0) is 27.2 Å². The zero-order valence-electron chi connectivity index (χ0n) is 20.2. The van der Waals surface area contributed by atoms with E-state index in [1.165, 1.54) is 0 Å². The molecule has 0 saturated heterocycles. The van der Waals surface area contributed by atoms with Crippen LogP contribution in [0.2, 0.25) is 0 Å². The van der Waals surface area contributed by atoms with Crippen LogP contribution in [0.1, 0.15) is 52.7 Å². The molecule has 174 valence electrons. The number of rotatable bonds is 11. The van der Waals surface area contributed by atoms with E-state index in [0.717, 1.165) is 49.5 Å². The van der Waals surface area contributed by atoms with Crippen LogP contribution in [0.4, 0.5) is 4.79 Å². The van der Waals surface area contributed by atoms with Gasteiger partial charge in [-0.2, -0.15) is 0 Å². The number of ether oxygens (including phenoxy) is 4. The van der Waals surface area contributed by atoms with Crippen LogP contribution in [0, 0.1) is 0 Å². The fourth-order valence-electron chi connectivity index (χ4n) is 2.49. The molecule has 1 rings (SSSR count). The Kier molecular flexibility index (Phi) is 15.0. The van der Waals surface area contributed by atoms with E-state index in [4.69, 9.17) is 14.2 Å². The molecular weight excluding hydrogens is 384 g/mol. The van der Waals surface area contributed by atoms with Crippen molar-refractivity contribution in [1.82, 2.24) is 10.2 Å². The van der Waals surface area contributed by atoms with Gasteiger partial charge in [-0.15, -0.1) is 0 Å². The molecular formula is C23H42N2O5. The Morgan fingerprint density at radius 1 is 1.07 bits per heavy atom. The molecule has 0 bridgehead atoms. The predicted molar refractivity (Wildman–Crippen MR) is 121 cm³/mol. The van der Waals surface area contributed by atoms with Gasteiger partial charge in [0.1, 0.15) is 11.4 Å². The topological polar surface area (TPSA) is 69.3 Å². The summed E-state index contributed by atoms with van der Waals surface area (Å²) < 4.78 is 20.5. The lowest BCUT2D eigenvalue weighted by atomic mass is 10.1. The number of alkyl carbamates (subject to hydrolysis) is 1. The molecule has 0 spiro atoms. The SMILES string of the molecule is CCN(CC)Cc1cc(CCNC(=O)OC(C)(C)C)ccc1OCOC.CCOC. The highest BCUT2D eigenvalue weighted by Gasteiger charge is 2.15. The predicted octanol–water partition coefficient (Wildman–Crippen LogP) is 4.23. The first-order chi connectivity index (χ1) is 14.2. The fourth-order valence-corrected chi connectivity index (χ4v) is 2.49. The molecule has 1 amide bonds. The first-order valence-corrected chi connectivity index (χ1v) is 10.6. The van der Waals surface area contributed by atoms with Crippen molar-refractivity contribution in [2.75, 3.05) is 47.3 Å². The second kappa shape index (κ2) is 15.9. The van der Waals surface area contributed by atoms with Crippen molar-refractivity contribution in [2.45, 2.75) is 60.1 Å². The van der Waals surface area contributed by atoms with E-state index >= 15 is 0 Å². The van der Waals surface area contributed by atoms with E-state index in [1.807, 2.05) is 39.8 Å². The quantitative estimate of drug-likeness (QED) is 0.534. The number of nitrogens with zero attached hydrogens (tertiary/aromatic N) is 1. The zero-order valence-corrected chi connectivity index (χ0v) is 20.2. The number of amides is 1. The highest BCUT2D eigenvalue weighted by Crippen LogP contribution is 2.22. The summed E-state index contributed by atoms with van der Waals surface area (Å²) in [5, 5.41) is 2.80. The van der Waals surface area contributed by atoms with Crippen LogP contribution in [0.25, 0.3) is 0 Å². The minimum absolute atomic E-state index is 0.227. The van der Waals surface area contributed by atoms with E-state index in [-0.39, 0.29) is 12.9 Å². The van der Waals surface area contributed by atoms with Crippen molar-refractivity contribution in [3.8, 4) is 5.75 Å². The molecule has 0 unspecified atom stereocenters. The van der Waals surface area contributed by atoms with Crippen LogP contribution in [0.15, 0.2) is 18.2 Å². The van der Waals surface area contributed by atoms with E-state index in [1.54, 1.807) is 14.2 Å². The average molecular weight is 427 g/mol. The molecule has 1 N–H and O–H groups in total. The molecule has 1 aromatic rings. The summed E-state index contributed by atoms with van der Waals surface area (Å²) in [4.78, 5) is 14.1. The monoisotopic (exact) mass is 426 g/mol. The molecule has 0 radical (unpaired) electrons. The molecule has 7 heteroatoms. The van der Waals surface area contributed by atoms with Crippen molar-refractivity contribution in [3.63, 3.8) is 0 Å². The number of carbonyl (C=O) groups excluding carboxylic acids is 1. The summed E-state index contributed by atoms with van der Waals surface area (Å²) in [7, 11) is 3.29. The maximum absolute atomic E-state index is 11.7. The third-order valence-electron chi connectivity index (χ3n) is 4.12. The average Bonchev–Trinajstić information content (AvgIpc) is 2.70. The summed E-state index contributed by atoms with van der Waals surface area (Å²) in [5.74, 6) is 0.836. The first-order valence-electron chi connectivity index (χ1n) is 10.6. The molecule has 30 heavy (non-hydrogen) atoms. The largest absolute Gasteiger partial charge is 0.467 e. The highest BCUT2D eigenvalue weighted by atomic mass is 16.7. The minimum atomic E-state index is -0.485. The summed E-state index contributed by atoms with van der Waals surface area (Å²) in [6, 6.07) is 6.13. The van der Waals surface area contributed by atoms with E-state index in [0.29, 0.717) is 6.54 Å². The van der Waals surface area contributed by atoms with E-state index < -0.39 is 5.60 Å². The van der Waals surface area contributed by atoms with Gasteiger partial charge in [-0.3, -0.25) is 4.90 Å². The first kappa shape index (κ1) is 28.2. The number of hydrogen-bond acceptors (Lipinski definition) is 6. The molecule has 0 fully saturated rings. The second-order valence-corrected chi connectivity index (χ2v) is 7.71. The maximum atomic E-state index is 11.7. The summed E-state index contributed by atoms with van der Waals surface area (Å²) in [6.07, 6.45) is 0.343. The summed E-state index contributed by atoms with van der Waals surface area (Å²) in [6.45, 7) is 16.2. The van der Waals surface area contributed by atoms with Gasteiger partial charge in [0.15, 0.2) is 6.79 Å². The van der Waals surface area contributed by atoms with Crippen molar-refractivity contribution < 1.29 is 23.7 Å². The molecule has 0 saturated carbocycles. The van der Waals surface area contributed by atoms with Crippen molar-refractivity contribution in [3.05, 3.63) is 29.3 Å². The van der Waals surface area contributed by atoms with Gasteiger partial charge in [0.2, 0.25) is 0 Å². The van der Waals surface area contributed by atoms with E-state index in [2.05, 4.69) is 34.9 Å². The van der Waals surface area contributed by atoms with Gasteiger partial charge in [0.25, 0.3) is 0 Å². The van der Waals surface area contributed by atoms with Crippen LogP contribution in [0.3, 0.4) is 0 Å². The Morgan fingerprint density at radius 2 is 1.70 bits per heavy atom. The standard InChI is InChI=1S/C20H34N2O4.C3H8O/c1-7-22(8-2)14-17-13-16(9-10-18(17)25-15-24-6)11-12-21-19(23)26-20(3,4)5;1-3-4-2/h9-10,13H,7-8,11-12,14-15H2,1-6H3,(H,21,23);3H2,1-2H3. The number of nitrogens with one attached hydrogen (secondary N) is 1. The lowest BCUT2D eigenvalue weighted by Gasteiger charge is -2.21. The zero-order chi connectivity index (χ0) is 23.0. The van der Waals surface area contributed by atoms with Crippen molar-refractivity contribution in [1.29, 1.82) is 0 Å². The van der Waals surface area contributed by atoms with Crippen molar-refractivity contribution >= 4 is 6.09 Å². The Labute approximate surface area is 183 Å². The van der Waals surface area contributed by atoms with Gasteiger partial charge in [-0.1, -0.05) is 26.0 Å². The van der Waals surface area contributed by atoms with E-state index in [9.17, 15) is 4.79 Å². The molecule has 0 atom stereocenters. The van der Waals surface area contributed by atoms with Gasteiger partial charge in [0, 0.05) is 39.5 Å². The van der Waals surface area contributed by atoms with Crippen LogP contribution >= 0.6 is 0 Å². The summed E-state index contributed by atoms with van der Waals surface area (Å²) >= 11 is 0. The Bertz CT molecular complexity index is 581.